The molecule has 4 aromatic rings. The number of halogens is 5. The van der Waals surface area contributed by atoms with E-state index in [9.17, 15) is 50.7 Å². The predicted molar refractivity (Wildman–Crippen MR) is 260 cm³/mol. The number of fused-ring (bicyclic) bond motifs is 1. The van der Waals surface area contributed by atoms with E-state index < -0.39 is 102 Å². The molecule has 0 spiro atoms. The van der Waals surface area contributed by atoms with E-state index in [1.165, 1.54) is 18.9 Å². The van der Waals surface area contributed by atoms with Crippen molar-refractivity contribution in [1.29, 1.82) is 0 Å². The van der Waals surface area contributed by atoms with Crippen LogP contribution in [0.25, 0.3) is 0 Å². The molecule has 1 unspecified atom stereocenters. The molecule has 0 aliphatic carbocycles. The Labute approximate surface area is 410 Å². The molecular formula is C50H58BF5N6O7S. The van der Waals surface area contributed by atoms with Crippen LogP contribution in [-0.2, 0) is 39.9 Å². The number of carbonyl (C=O) groups excluding carboxylic acids is 6. The molecule has 5 N–H and O–H groups in total. The smallest absolute Gasteiger partial charge is 0.389 e. The second-order valence-corrected chi connectivity index (χ2v) is 17.6. The van der Waals surface area contributed by atoms with Gasteiger partial charge >= 0.3 is 37.2 Å². The molecule has 5 rings (SSSR count). The number of benzodiazepines with no additional fused rings is 1. The summed E-state index contributed by atoms with van der Waals surface area (Å²) in [6, 6.07) is 25.5. The molecule has 0 fully saturated rings. The summed E-state index contributed by atoms with van der Waals surface area (Å²) in [7, 11) is 1.54. The molecule has 1 aliphatic heterocycles. The van der Waals surface area contributed by atoms with E-state index in [0.717, 1.165) is 12.1 Å². The summed E-state index contributed by atoms with van der Waals surface area (Å²) in [5.74, 6) is -8.19. The minimum absolute atomic E-state index is 0.138. The molecule has 13 nitrogen and oxygen atoms in total. The van der Waals surface area contributed by atoms with E-state index in [1.807, 2.05) is 12.9 Å². The third-order valence-corrected chi connectivity index (χ3v) is 10.3. The van der Waals surface area contributed by atoms with Crippen LogP contribution in [0.3, 0.4) is 0 Å². The van der Waals surface area contributed by atoms with Gasteiger partial charge in [-0.15, -0.1) is 0 Å². The van der Waals surface area contributed by atoms with Crippen LogP contribution in [0.5, 0.6) is 0 Å². The molecule has 0 aromatic heterocycles. The van der Waals surface area contributed by atoms with Gasteiger partial charge in [-0.3, -0.25) is 24.0 Å². The molecule has 374 valence electrons. The second-order valence-electron chi connectivity index (χ2n) is 17.1. The average Bonchev–Trinajstić information content (AvgIpc) is 3.38. The number of hydrogen-bond acceptors (Lipinski definition) is 9. The molecule has 5 amide bonds. The van der Waals surface area contributed by atoms with Crippen molar-refractivity contribution in [3.8, 4) is 0 Å². The minimum Gasteiger partial charge on any atom is -0.458 e. The Morgan fingerprint density at radius 2 is 1.40 bits per heavy atom. The van der Waals surface area contributed by atoms with Gasteiger partial charge in [-0.1, -0.05) is 92.2 Å². The van der Waals surface area contributed by atoms with Gasteiger partial charge in [0.15, 0.2) is 6.04 Å². The topological polar surface area (TPSA) is 189 Å². The first-order valence-electron chi connectivity index (χ1n) is 22.3. The summed E-state index contributed by atoms with van der Waals surface area (Å²) in [4.78, 5) is 82.1. The number of nitrogens with zero attached hydrogens (tertiary/aromatic N) is 2. The van der Waals surface area contributed by atoms with Crippen LogP contribution < -0.4 is 26.6 Å². The van der Waals surface area contributed by atoms with Crippen LogP contribution in [-0.4, -0.2) is 78.4 Å². The quantitative estimate of drug-likeness (QED) is 0.0496. The summed E-state index contributed by atoms with van der Waals surface area (Å²) < 4.78 is 71.0. The first kappa shape index (κ1) is 57.6. The summed E-state index contributed by atoms with van der Waals surface area (Å²) in [5.41, 5.74) is 7.74. The van der Waals surface area contributed by atoms with Crippen molar-refractivity contribution in [3.63, 3.8) is 0 Å². The number of primary amides is 1. The van der Waals surface area contributed by atoms with Gasteiger partial charge in [0.25, 0.3) is 5.91 Å². The van der Waals surface area contributed by atoms with E-state index in [2.05, 4.69) is 33.0 Å². The average molecular weight is 993 g/mol. The minimum atomic E-state index is -4.52. The fraction of sp³-hybridized carbons (Fsp3) is 0.380. The normalized spacial score (nSPS) is 14.9. The third-order valence-electron chi connectivity index (χ3n) is 10.3. The number of aliphatic imine (C=N–C) groups is 1. The molecule has 0 bridgehead atoms. The second kappa shape index (κ2) is 26.9. The number of anilines is 1. The molecular weight excluding hydrogens is 934 g/mol. The summed E-state index contributed by atoms with van der Waals surface area (Å²) in [6.07, 6.45) is -5.95. The number of ether oxygens (including phenoxy) is 1. The van der Waals surface area contributed by atoms with Crippen molar-refractivity contribution in [2.45, 2.75) is 104 Å². The number of para-hydroxylation sites is 1. The summed E-state index contributed by atoms with van der Waals surface area (Å²) in [6.45, 7) is 10.1. The Bertz CT molecular complexity index is 2460. The van der Waals surface area contributed by atoms with Gasteiger partial charge < -0.3 is 31.3 Å². The number of rotatable bonds is 16. The number of hydrogen-bond donors (Lipinski definition) is 4. The van der Waals surface area contributed by atoms with Gasteiger partial charge in [0, 0.05) is 42.5 Å². The Morgan fingerprint density at radius 3 is 1.94 bits per heavy atom. The molecule has 70 heavy (non-hydrogen) atoms. The van der Waals surface area contributed by atoms with E-state index in [1.54, 1.807) is 113 Å². The maximum absolute atomic E-state index is 13.3. The first-order valence-corrected chi connectivity index (χ1v) is 22.8. The van der Waals surface area contributed by atoms with E-state index in [4.69, 9.17) is 10.5 Å². The maximum atomic E-state index is 13.3. The zero-order chi connectivity index (χ0) is 52.3. The van der Waals surface area contributed by atoms with Gasteiger partial charge in [0.1, 0.15) is 23.3 Å². The SMILES string of the molecule is CB=S.CC(NC(=O)Cc1cc(F)cc(F)c1)C(=O)N[C@H](C(=O)OC(C)(C)C)c1ccccc1.CCC[C@H](C(N)=O)[C@@H](CCC(F)(F)F)C(=O)N[C@H]1N=C(c2ccccc2)c2ccccc2N(C)C1=O. The van der Waals surface area contributed by atoms with E-state index in [-0.39, 0.29) is 18.4 Å². The zero-order valence-electron chi connectivity index (χ0n) is 39.9. The molecule has 5 atom stereocenters. The van der Waals surface area contributed by atoms with Crippen LogP contribution >= 0.6 is 12.1 Å². The van der Waals surface area contributed by atoms with E-state index in [0.29, 0.717) is 40.6 Å². The standard InChI is InChI=1S/C26H29F3N4O3.C23H26F2N2O4.CH3BS/c1-3-9-17(22(30)34)18(14-15-26(27,28)29)24(35)32-23-25(36)33(2)20-13-8-7-12-19(20)21(31-23)16-10-5-4-6-11-16;1-14(26-19(28)12-15-10-17(24)13-18(25)11-15)21(29)27-20(16-8-6-5-7-9-16)22(30)31-23(2,3)4;1-2-3/h4-8,10-13,17-18,23H,3,9,14-15H2,1-2H3,(H2,30,34)(H,32,35);5-11,13-14,20H,12H2,1-4H3,(H,26,28)(H,27,29);1H3/t17-,18+,23+;14?,20-;/m00./s1. The van der Waals surface area contributed by atoms with Crippen molar-refractivity contribution in [2.24, 2.45) is 22.6 Å². The molecule has 1 aliphatic rings. The molecule has 0 saturated carbocycles. The fourth-order valence-corrected chi connectivity index (χ4v) is 7.18. The predicted octanol–water partition coefficient (Wildman–Crippen LogP) is 7.87. The molecule has 0 radical (unpaired) electrons. The van der Waals surface area contributed by atoms with Crippen LogP contribution in [0.1, 0.15) is 88.6 Å². The Kier molecular flexibility index (Phi) is 22.1. The molecule has 20 heteroatoms. The third kappa shape index (κ3) is 18.3. The maximum Gasteiger partial charge on any atom is 0.389 e. The van der Waals surface area contributed by atoms with Crippen LogP contribution in [0.2, 0.25) is 6.82 Å². The number of carbonyl (C=O) groups is 6. The number of esters is 1. The van der Waals surface area contributed by atoms with Crippen LogP contribution in [0, 0.1) is 23.5 Å². The molecule has 0 saturated heterocycles. The Balaban J connectivity index is 0.000000354. The number of benzene rings is 4. The Hall–Kier alpha value is -6.70. The number of likely N-dealkylation sites (N-methyl/N-ethyl adjacent to an activating group) is 1. The largest absolute Gasteiger partial charge is 0.458 e. The van der Waals surface area contributed by atoms with Gasteiger partial charge in [0.2, 0.25) is 29.8 Å². The fourth-order valence-electron chi connectivity index (χ4n) is 7.18. The molecule has 4 aromatic carbocycles. The Morgan fingerprint density at radius 1 is 0.843 bits per heavy atom. The number of alkyl halides is 3. The summed E-state index contributed by atoms with van der Waals surface area (Å²) >= 11 is 4.27. The van der Waals surface area contributed by atoms with Crippen molar-refractivity contribution in [1.82, 2.24) is 16.0 Å². The van der Waals surface area contributed by atoms with Gasteiger partial charge in [-0.25, -0.2) is 18.6 Å². The number of amides is 5. The van der Waals surface area contributed by atoms with Gasteiger partial charge in [-0.05, 0) is 69.9 Å². The van der Waals surface area contributed by atoms with Gasteiger partial charge in [-0.2, -0.15) is 13.2 Å². The monoisotopic (exact) mass is 992 g/mol. The van der Waals surface area contributed by atoms with E-state index >= 15 is 0 Å². The van der Waals surface area contributed by atoms with Crippen molar-refractivity contribution in [2.75, 3.05) is 11.9 Å². The summed E-state index contributed by atoms with van der Waals surface area (Å²) in [5, 5.41) is 7.57. The number of nitrogens with one attached hydrogen (secondary N) is 3. The van der Waals surface area contributed by atoms with Crippen molar-refractivity contribution in [3.05, 3.63) is 137 Å². The number of nitrogens with two attached hydrogens (primary N) is 1. The first-order chi connectivity index (χ1) is 32.9. The van der Waals surface area contributed by atoms with Gasteiger partial charge in [0.05, 0.1) is 17.8 Å². The van der Waals surface area contributed by atoms with Crippen molar-refractivity contribution >= 4 is 65.1 Å². The zero-order valence-corrected chi connectivity index (χ0v) is 40.8. The van der Waals surface area contributed by atoms with Crippen LogP contribution in [0.4, 0.5) is 27.6 Å². The molecule has 1 heterocycles. The van der Waals surface area contributed by atoms with Crippen molar-refractivity contribution < 1.29 is 55.5 Å². The van der Waals surface area contributed by atoms with Crippen LogP contribution in [0.15, 0.2) is 108 Å².